The number of hydrogen-bond donors (Lipinski definition) is 1. The van der Waals surface area contributed by atoms with Gasteiger partial charge in [0.25, 0.3) is 0 Å². The van der Waals surface area contributed by atoms with Crippen LogP contribution in [0.3, 0.4) is 0 Å². The monoisotopic (exact) mass is 239 g/mol. The average molecular weight is 239 g/mol. The molecule has 1 aromatic rings. The molecule has 2 nitrogen and oxygen atoms in total. The maximum Gasteiger partial charge on any atom is 0.123 e. The van der Waals surface area contributed by atoms with Crippen molar-refractivity contribution in [2.24, 2.45) is 0 Å². The predicted molar refractivity (Wildman–Crippen MR) is 68.5 cm³/mol. The first-order valence-electron chi connectivity index (χ1n) is 6.29. The van der Waals surface area contributed by atoms with Gasteiger partial charge in [0.15, 0.2) is 0 Å². The highest BCUT2D eigenvalue weighted by Gasteiger charge is 2.18. The minimum Gasteiger partial charge on any atom is -0.377 e. The van der Waals surface area contributed by atoms with Crippen LogP contribution >= 0.6 is 0 Å². The molecule has 96 valence electrons. The summed E-state index contributed by atoms with van der Waals surface area (Å²) in [6, 6.07) is 6.75. The van der Waals surface area contributed by atoms with Gasteiger partial charge in [-0.2, -0.15) is 0 Å². The molecule has 0 bridgehead atoms. The van der Waals surface area contributed by atoms with Crippen molar-refractivity contribution in [1.29, 1.82) is 0 Å². The Bertz CT molecular complexity index is 313. The molecule has 0 aliphatic heterocycles. The van der Waals surface area contributed by atoms with Crippen LogP contribution < -0.4 is 5.32 Å². The van der Waals surface area contributed by atoms with Crippen LogP contribution in [0.1, 0.15) is 38.8 Å². The quantitative estimate of drug-likeness (QED) is 0.788. The Morgan fingerprint density at radius 1 is 1.24 bits per heavy atom. The van der Waals surface area contributed by atoms with E-state index in [2.05, 4.69) is 12.2 Å². The van der Waals surface area contributed by atoms with Crippen molar-refractivity contribution in [3.05, 3.63) is 35.6 Å². The van der Waals surface area contributed by atoms with E-state index in [-0.39, 0.29) is 18.0 Å². The smallest absolute Gasteiger partial charge is 0.123 e. The van der Waals surface area contributed by atoms with Crippen molar-refractivity contribution in [1.82, 2.24) is 5.32 Å². The second-order valence-corrected chi connectivity index (χ2v) is 4.14. The zero-order chi connectivity index (χ0) is 12.7. The number of ether oxygens (including phenoxy) is 1. The number of rotatable bonds is 7. The van der Waals surface area contributed by atoms with E-state index in [1.54, 1.807) is 0 Å². The molecule has 0 radical (unpaired) electrons. The first-order chi connectivity index (χ1) is 8.19. The number of hydrogen-bond acceptors (Lipinski definition) is 2. The number of nitrogens with one attached hydrogen (secondary N) is 1. The fourth-order valence-electron chi connectivity index (χ4n) is 1.88. The third kappa shape index (κ3) is 4.44. The molecule has 0 fully saturated rings. The van der Waals surface area contributed by atoms with Gasteiger partial charge in [-0.15, -0.1) is 0 Å². The molecule has 0 heterocycles. The Balaban J connectivity index is 2.77. The lowest BCUT2D eigenvalue weighted by Crippen LogP contribution is -2.32. The van der Waals surface area contributed by atoms with E-state index in [1.807, 2.05) is 26.0 Å². The fraction of sp³-hybridized carbons (Fsp3) is 0.571. The second kappa shape index (κ2) is 7.41. The van der Waals surface area contributed by atoms with Gasteiger partial charge in [-0.1, -0.05) is 19.1 Å². The molecule has 0 aliphatic carbocycles. The van der Waals surface area contributed by atoms with Crippen LogP contribution in [0.5, 0.6) is 0 Å². The molecular formula is C14H22FNO. The van der Waals surface area contributed by atoms with E-state index in [1.165, 1.54) is 12.1 Å². The molecule has 1 N–H and O–H groups in total. The summed E-state index contributed by atoms with van der Waals surface area (Å²) in [5.41, 5.74) is 1.07. The minimum absolute atomic E-state index is 0.0806. The summed E-state index contributed by atoms with van der Waals surface area (Å²) in [5.74, 6) is -0.202. The van der Waals surface area contributed by atoms with Crippen LogP contribution in [0.2, 0.25) is 0 Å². The fourth-order valence-corrected chi connectivity index (χ4v) is 1.88. The molecule has 0 spiro atoms. The zero-order valence-electron chi connectivity index (χ0n) is 10.9. The maximum atomic E-state index is 12.9. The second-order valence-electron chi connectivity index (χ2n) is 4.14. The Kier molecular flexibility index (Phi) is 6.16. The molecule has 3 heteroatoms. The average Bonchev–Trinajstić information content (AvgIpc) is 2.32. The summed E-state index contributed by atoms with van der Waals surface area (Å²) in [6.45, 7) is 7.77. The van der Waals surface area contributed by atoms with E-state index >= 15 is 0 Å². The van der Waals surface area contributed by atoms with Gasteiger partial charge in [0, 0.05) is 6.61 Å². The van der Waals surface area contributed by atoms with Gasteiger partial charge in [-0.05, 0) is 44.5 Å². The normalized spacial score (nSPS) is 14.6. The molecule has 2 atom stereocenters. The summed E-state index contributed by atoms with van der Waals surface area (Å²) in [5, 5.41) is 3.44. The van der Waals surface area contributed by atoms with Crippen LogP contribution in [-0.4, -0.2) is 19.3 Å². The summed E-state index contributed by atoms with van der Waals surface area (Å²) in [6.07, 6.45) is 1.15. The summed E-state index contributed by atoms with van der Waals surface area (Å²) < 4.78 is 18.5. The highest BCUT2D eigenvalue weighted by atomic mass is 19.1. The van der Waals surface area contributed by atoms with Crippen molar-refractivity contribution in [3.63, 3.8) is 0 Å². The van der Waals surface area contributed by atoms with Crippen molar-refractivity contribution < 1.29 is 9.13 Å². The Labute approximate surface area is 103 Å². The Morgan fingerprint density at radius 2 is 1.88 bits per heavy atom. The zero-order valence-corrected chi connectivity index (χ0v) is 10.9. The van der Waals surface area contributed by atoms with E-state index in [0.717, 1.165) is 18.5 Å². The van der Waals surface area contributed by atoms with Crippen LogP contribution in [-0.2, 0) is 4.74 Å². The maximum absolute atomic E-state index is 12.9. The van der Waals surface area contributed by atoms with Crippen LogP contribution in [0, 0.1) is 5.82 Å². The largest absolute Gasteiger partial charge is 0.377 e. The lowest BCUT2D eigenvalue weighted by Gasteiger charge is -2.25. The molecular weight excluding hydrogens is 217 g/mol. The highest BCUT2D eigenvalue weighted by Crippen LogP contribution is 2.19. The first-order valence-corrected chi connectivity index (χ1v) is 6.29. The Hall–Kier alpha value is -0.930. The van der Waals surface area contributed by atoms with Crippen molar-refractivity contribution >= 4 is 0 Å². The van der Waals surface area contributed by atoms with Gasteiger partial charge >= 0.3 is 0 Å². The molecule has 1 aromatic carbocycles. The van der Waals surface area contributed by atoms with Gasteiger partial charge in [0.05, 0.1) is 12.1 Å². The van der Waals surface area contributed by atoms with E-state index < -0.39 is 0 Å². The highest BCUT2D eigenvalue weighted by molar-refractivity contribution is 5.21. The van der Waals surface area contributed by atoms with Crippen molar-refractivity contribution in [3.8, 4) is 0 Å². The molecule has 1 rings (SSSR count). The van der Waals surface area contributed by atoms with Gasteiger partial charge in [0.2, 0.25) is 0 Å². The topological polar surface area (TPSA) is 21.3 Å². The first kappa shape index (κ1) is 14.1. The van der Waals surface area contributed by atoms with E-state index in [9.17, 15) is 4.39 Å². The van der Waals surface area contributed by atoms with E-state index in [0.29, 0.717) is 6.61 Å². The molecule has 0 aromatic heterocycles. The molecule has 0 amide bonds. The van der Waals surface area contributed by atoms with E-state index in [4.69, 9.17) is 4.74 Å². The van der Waals surface area contributed by atoms with Crippen LogP contribution in [0.4, 0.5) is 4.39 Å². The number of halogens is 1. The molecule has 0 saturated heterocycles. The Morgan fingerprint density at radius 3 is 2.41 bits per heavy atom. The van der Waals surface area contributed by atoms with Gasteiger partial charge in [-0.3, -0.25) is 0 Å². The minimum atomic E-state index is -0.202. The van der Waals surface area contributed by atoms with Gasteiger partial charge in [0.1, 0.15) is 5.82 Å². The third-order valence-corrected chi connectivity index (χ3v) is 2.74. The SMILES string of the molecule is CCCNC(c1ccc(F)cc1)C(C)OCC. The summed E-state index contributed by atoms with van der Waals surface area (Å²) >= 11 is 0. The van der Waals surface area contributed by atoms with Gasteiger partial charge < -0.3 is 10.1 Å². The van der Waals surface area contributed by atoms with Crippen molar-refractivity contribution in [2.75, 3.05) is 13.2 Å². The number of benzene rings is 1. The third-order valence-electron chi connectivity index (χ3n) is 2.74. The molecule has 17 heavy (non-hydrogen) atoms. The van der Waals surface area contributed by atoms with Crippen LogP contribution in [0.15, 0.2) is 24.3 Å². The molecule has 0 aliphatic rings. The molecule has 2 unspecified atom stereocenters. The predicted octanol–water partition coefficient (Wildman–Crippen LogP) is 3.29. The van der Waals surface area contributed by atoms with Gasteiger partial charge in [-0.25, -0.2) is 4.39 Å². The summed E-state index contributed by atoms with van der Waals surface area (Å²) in [4.78, 5) is 0. The lowest BCUT2D eigenvalue weighted by atomic mass is 10.0. The summed E-state index contributed by atoms with van der Waals surface area (Å²) in [7, 11) is 0. The van der Waals surface area contributed by atoms with Crippen molar-refractivity contribution in [2.45, 2.75) is 39.3 Å². The standard InChI is InChI=1S/C14H22FNO/c1-4-10-16-14(11(3)17-5-2)12-6-8-13(15)9-7-12/h6-9,11,14,16H,4-5,10H2,1-3H3. The lowest BCUT2D eigenvalue weighted by molar-refractivity contribution is 0.0472. The molecule has 0 saturated carbocycles. The van der Waals surface area contributed by atoms with Crippen LogP contribution in [0.25, 0.3) is 0 Å².